The van der Waals surface area contributed by atoms with Crippen LogP contribution in [0, 0.1) is 6.92 Å². The van der Waals surface area contributed by atoms with Crippen LogP contribution in [0.3, 0.4) is 0 Å². The Hall–Kier alpha value is -3.60. The average molecular weight is 535 g/mol. The Balaban J connectivity index is 1.27. The molecule has 4 nitrogen and oxygen atoms in total. The third-order valence-corrected chi connectivity index (χ3v) is 8.50. The second-order valence-corrected chi connectivity index (χ2v) is 11.8. The molecule has 4 aromatic rings. The smallest absolute Gasteiger partial charge is 0.119 e. The maximum atomic E-state index is 5.92. The fourth-order valence-electron chi connectivity index (χ4n) is 5.33. The molecule has 0 aliphatic carbocycles. The molecule has 2 saturated heterocycles. The van der Waals surface area contributed by atoms with Gasteiger partial charge in [0.25, 0.3) is 0 Å². The molecule has 0 N–H and O–H groups in total. The minimum absolute atomic E-state index is 0.152. The van der Waals surface area contributed by atoms with Gasteiger partial charge in [-0.3, -0.25) is 0 Å². The Kier molecular flexibility index (Phi) is 7.16. The van der Waals surface area contributed by atoms with Crippen molar-refractivity contribution in [2.24, 2.45) is 0 Å². The summed E-state index contributed by atoms with van der Waals surface area (Å²) in [6.45, 7) is 11.8. The van der Waals surface area contributed by atoms with Gasteiger partial charge in [0.15, 0.2) is 0 Å². The first-order valence-corrected chi connectivity index (χ1v) is 14.2. The molecule has 3 atom stereocenters. The Morgan fingerprint density at radius 2 is 0.875 bits per heavy atom. The first-order valence-electron chi connectivity index (χ1n) is 14.2. The molecule has 2 fully saturated rings. The van der Waals surface area contributed by atoms with E-state index in [0.29, 0.717) is 13.2 Å². The second-order valence-electron chi connectivity index (χ2n) is 11.8. The lowest BCUT2D eigenvalue weighted by Crippen LogP contribution is -2.26. The van der Waals surface area contributed by atoms with Crippen LogP contribution in [-0.2, 0) is 20.3 Å². The van der Waals surface area contributed by atoms with Crippen molar-refractivity contribution in [2.75, 3.05) is 26.4 Å². The van der Waals surface area contributed by atoms with E-state index < -0.39 is 0 Å². The summed E-state index contributed by atoms with van der Waals surface area (Å²) in [4.78, 5) is 0. The molecule has 0 bridgehead atoms. The highest BCUT2D eigenvalue weighted by Crippen LogP contribution is 2.41. The summed E-state index contributed by atoms with van der Waals surface area (Å²) in [6, 6.07) is 35.1. The molecule has 2 aliphatic heterocycles. The lowest BCUT2D eigenvalue weighted by molar-refractivity contribution is 0.263. The largest absolute Gasteiger partial charge is 0.491 e. The number of ether oxygens (including phenoxy) is 4. The van der Waals surface area contributed by atoms with E-state index in [-0.39, 0.29) is 23.0 Å². The lowest BCUT2D eigenvalue weighted by Gasteiger charge is -2.33. The average Bonchev–Trinajstić information content (AvgIpc) is 3.91. The summed E-state index contributed by atoms with van der Waals surface area (Å²) in [6.07, 6.45) is 0.503. The predicted molar refractivity (Wildman–Crippen MR) is 159 cm³/mol. The molecule has 4 aromatic carbocycles. The summed E-state index contributed by atoms with van der Waals surface area (Å²) in [5.41, 5.74) is 7.05. The number of epoxide rings is 2. The lowest BCUT2D eigenvalue weighted by atomic mass is 9.70. The maximum Gasteiger partial charge on any atom is 0.119 e. The highest BCUT2D eigenvalue weighted by atomic mass is 16.6. The monoisotopic (exact) mass is 534 g/mol. The van der Waals surface area contributed by atoms with Gasteiger partial charge in [-0.15, -0.1) is 0 Å². The second kappa shape index (κ2) is 10.8. The van der Waals surface area contributed by atoms with Crippen molar-refractivity contribution >= 4 is 0 Å². The Labute approximate surface area is 237 Å². The number of hydrogen-bond donors (Lipinski definition) is 0. The quantitative estimate of drug-likeness (QED) is 0.150. The zero-order valence-electron chi connectivity index (χ0n) is 23.9. The SMILES string of the molecule is Cc1ccc(C(C)(c2ccc(OCC3CO3)cc2)c2ccc(C(C)(C)c3ccc(OCC4CO4)cc3)cc2)cc1. The maximum absolute atomic E-state index is 5.92. The molecule has 206 valence electrons. The Morgan fingerprint density at radius 1 is 0.550 bits per heavy atom. The van der Waals surface area contributed by atoms with E-state index in [1.807, 2.05) is 0 Å². The summed E-state index contributed by atoms with van der Waals surface area (Å²) in [5.74, 6) is 1.76. The molecule has 4 heteroatoms. The molecule has 0 radical (unpaired) electrons. The van der Waals surface area contributed by atoms with Gasteiger partial charge >= 0.3 is 0 Å². The number of benzene rings is 4. The number of rotatable bonds is 11. The van der Waals surface area contributed by atoms with Gasteiger partial charge in [0.05, 0.1) is 13.2 Å². The topological polar surface area (TPSA) is 43.5 Å². The zero-order valence-corrected chi connectivity index (χ0v) is 23.9. The zero-order chi connectivity index (χ0) is 27.7. The highest BCUT2D eigenvalue weighted by Gasteiger charge is 2.32. The van der Waals surface area contributed by atoms with Gasteiger partial charge in [-0.25, -0.2) is 0 Å². The van der Waals surface area contributed by atoms with Gasteiger partial charge in [0, 0.05) is 10.8 Å². The molecule has 2 aliphatic rings. The van der Waals surface area contributed by atoms with E-state index in [0.717, 1.165) is 24.7 Å². The van der Waals surface area contributed by atoms with Crippen LogP contribution in [0.25, 0.3) is 0 Å². The van der Waals surface area contributed by atoms with Crippen LogP contribution in [0.1, 0.15) is 54.2 Å². The predicted octanol–water partition coefficient (Wildman–Crippen LogP) is 7.23. The summed E-state index contributed by atoms with van der Waals surface area (Å²) in [5, 5.41) is 0. The molecule has 0 amide bonds. The standard InChI is InChI=1S/C36H38O4/c1-25-5-7-28(8-6-25)36(4,30-15-19-32(20-16-30)38-22-34-24-40-34)29-11-9-26(10-12-29)35(2,3)27-13-17-31(18-14-27)37-21-33-23-39-33/h5-20,33-34H,21-24H2,1-4H3. The first-order chi connectivity index (χ1) is 19.3. The number of aryl methyl sites for hydroxylation is 1. The molecule has 40 heavy (non-hydrogen) atoms. The molecule has 0 aromatic heterocycles. The fourth-order valence-corrected chi connectivity index (χ4v) is 5.33. The van der Waals surface area contributed by atoms with E-state index >= 15 is 0 Å². The van der Waals surface area contributed by atoms with Crippen molar-refractivity contribution in [3.63, 3.8) is 0 Å². The van der Waals surface area contributed by atoms with Gasteiger partial charge < -0.3 is 18.9 Å². The minimum atomic E-state index is -0.321. The van der Waals surface area contributed by atoms with Crippen LogP contribution in [-0.4, -0.2) is 38.6 Å². The summed E-state index contributed by atoms with van der Waals surface area (Å²) in [7, 11) is 0. The van der Waals surface area contributed by atoms with Gasteiger partial charge in [-0.1, -0.05) is 92.2 Å². The van der Waals surface area contributed by atoms with Gasteiger partial charge in [-0.2, -0.15) is 0 Å². The molecule has 6 rings (SSSR count). The van der Waals surface area contributed by atoms with E-state index in [9.17, 15) is 0 Å². The van der Waals surface area contributed by atoms with Gasteiger partial charge in [0.2, 0.25) is 0 Å². The Morgan fingerprint density at radius 3 is 1.27 bits per heavy atom. The van der Waals surface area contributed by atoms with E-state index in [2.05, 4.69) is 125 Å². The van der Waals surface area contributed by atoms with E-state index in [1.165, 1.54) is 33.4 Å². The molecule has 3 unspecified atom stereocenters. The highest BCUT2D eigenvalue weighted by molar-refractivity contribution is 5.52. The van der Waals surface area contributed by atoms with E-state index in [4.69, 9.17) is 18.9 Å². The molecule has 0 spiro atoms. The summed E-state index contributed by atoms with van der Waals surface area (Å²) >= 11 is 0. The van der Waals surface area contributed by atoms with Crippen molar-refractivity contribution in [1.29, 1.82) is 0 Å². The van der Waals surface area contributed by atoms with Crippen LogP contribution in [0.4, 0.5) is 0 Å². The normalized spacial score (nSPS) is 19.5. The first kappa shape index (κ1) is 26.6. The van der Waals surface area contributed by atoms with Crippen molar-refractivity contribution in [1.82, 2.24) is 0 Å². The third-order valence-electron chi connectivity index (χ3n) is 8.50. The van der Waals surface area contributed by atoms with Crippen molar-refractivity contribution < 1.29 is 18.9 Å². The van der Waals surface area contributed by atoms with Gasteiger partial charge in [0.1, 0.15) is 36.9 Å². The fraction of sp³-hybridized carbons (Fsp3) is 0.333. The van der Waals surface area contributed by atoms with Crippen LogP contribution < -0.4 is 9.47 Å². The van der Waals surface area contributed by atoms with Crippen LogP contribution in [0.2, 0.25) is 0 Å². The molecular weight excluding hydrogens is 496 g/mol. The minimum Gasteiger partial charge on any atom is -0.491 e. The van der Waals surface area contributed by atoms with Crippen molar-refractivity contribution in [3.05, 3.63) is 130 Å². The molecule has 2 heterocycles. The summed E-state index contributed by atoms with van der Waals surface area (Å²) < 4.78 is 22.3. The van der Waals surface area contributed by atoms with Crippen LogP contribution in [0.15, 0.2) is 97.1 Å². The van der Waals surface area contributed by atoms with Gasteiger partial charge in [-0.05, 0) is 65.9 Å². The van der Waals surface area contributed by atoms with Crippen LogP contribution in [0.5, 0.6) is 11.5 Å². The van der Waals surface area contributed by atoms with Crippen molar-refractivity contribution in [2.45, 2.75) is 50.7 Å². The molecule has 0 saturated carbocycles. The van der Waals surface area contributed by atoms with E-state index in [1.54, 1.807) is 0 Å². The van der Waals surface area contributed by atoms with Crippen LogP contribution >= 0.6 is 0 Å². The van der Waals surface area contributed by atoms with Crippen molar-refractivity contribution in [3.8, 4) is 11.5 Å². The molecular formula is C36H38O4. The third kappa shape index (κ3) is 5.65. The number of hydrogen-bond acceptors (Lipinski definition) is 4. The Bertz CT molecular complexity index is 1410.